The van der Waals surface area contributed by atoms with E-state index in [9.17, 15) is 4.79 Å². The SMILES string of the molecule is COc1c(C)cnc(CN(C)C(=O)C(C)c2c(C)noc2C)c1C. The van der Waals surface area contributed by atoms with Gasteiger partial charge in [0.05, 0.1) is 31.0 Å². The van der Waals surface area contributed by atoms with Crippen molar-refractivity contribution in [1.82, 2.24) is 15.0 Å². The van der Waals surface area contributed by atoms with Gasteiger partial charge in [0, 0.05) is 29.9 Å². The van der Waals surface area contributed by atoms with Crippen LogP contribution < -0.4 is 4.74 Å². The number of methoxy groups -OCH3 is 1. The second kappa shape index (κ2) is 7.03. The zero-order valence-electron chi connectivity index (χ0n) is 15.4. The van der Waals surface area contributed by atoms with E-state index in [-0.39, 0.29) is 11.8 Å². The van der Waals surface area contributed by atoms with Crippen LogP contribution in [0.25, 0.3) is 0 Å². The van der Waals surface area contributed by atoms with Crippen LogP contribution in [-0.4, -0.2) is 35.1 Å². The maximum Gasteiger partial charge on any atom is 0.230 e. The van der Waals surface area contributed by atoms with Crippen LogP contribution in [0.4, 0.5) is 0 Å². The topological polar surface area (TPSA) is 68.5 Å². The highest BCUT2D eigenvalue weighted by atomic mass is 16.5. The highest BCUT2D eigenvalue weighted by Crippen LogP contribution is 2.27. The third kappa shape index (κ3) is 3.27. The number of likely N-dealkylation sites (N-methyl/N-ethyl adjacent to an activating group) is 1. The molecule has 0 aliphatic carbocycles. The van der Waals surface area contributed by atoms with Gasteiger partial charge in [-0.05, 0) is 34.6 Å². The van der Waals surface area contributed by atoms with E-state index in [1.807, 2.05) is 34.6 Å². The summed E-state index contributed by atoms with van der Waals surface area (Å²) >= 11 is 0. The van der Waals surface area contributed by atoms with E-state index in [2.05, 4.69) is 10.1 Å². The van der Waals surface area contributed by atoms with Gasteiger partial charge in [0.25, 0.3) is 0 Å². The summed E-state index contributed by atoms with van der Waals surface area (Å²) in [7, 11) is 3.43. The summed E-state index contributed by atoms with van der Waals surface area (Å²) in [6.07, 6.45) is 1.78. The largest absolute Gasteiger partial charge is 0.496 e. The molecule has 130 valence electrons. The fraction of sp³-hybridized carbons (Fsp3) is 0.500. The summed E-state index contributed by atoms with van der Waals surface area (Å²) in [4.78, 5) is 18.9. The standard InChI is InChI=1S/C18H25N3O3/c1-10-8-19-15(11(2)17(10)23-7)9-21(6)18(22)12(3)16-13(4)20-24-14(16)5/h8,12H,9H2,1-7H3. The summed E-state index contributed by atoms with van der Waals surface area (Å²) in [5, 5.41) is 3.93. The van der Waals surface area contributed by atoms with Crippen molar-refractivity contribution in [1.29, 1.82) is 0 Å². The van der Waals surface area contributed by atoms with E-state index in [4.69, 9.17) is 9.26 Å². The molecular formula is C18H25N3O3. The molecule has 1 atom stereocenters. The van der Waals surface area contributed by atoms with E-state index >= 15 is 0 Å². The van der Waals surface area contributed by atoms with Crippen molar-refractivity contribution in [2.45, 2.75) is 47.1 Å². The van der Waals surface area contributed by atoms with E-state index in [0.717, 1.165) is 33.8 Å². The van der Waals surface area contributed by atoms with Crippen molar-refractivity contribution in [3.63, 3.8) is 0 Å². The molecule has 0 N–H and O–H groups in total. The smallest absolute Gasteiger partial charge is 0.230 e. The number of ether oxygens (including phenoxy) is 1. The van der Waals surface area contributed by atoms with Gasteiger partial charge in [0.2, 0.25) is 5.91 Å². The minimum Gasteiger partial charge on any atom is -0.496 e. The first kappa shape index (κ1) is 18.0. The summed E-state index contributed by atoms with van der Waals surface area (Å²) < 4.78 is 10.6. The molecule has 0 radical (unpaired) electrons. The molecule has 0 bridgehead atoms. The van der Waals surface area contributed by atoms with Crippen molar-refractivity contribution in [3.8, 4) is 5.75 Å². The number of carbonyl (C=O) groups is 1. The number of pyridine rings is 1. The molecule has 6 heteroatoms. The highest BCUT2D eigenvalue weighted by Gasteiger charge is 2.26. The normalized spacial score (nSPS) is 12.1. The molecule has 2 aromatic heterocycles. The van der Waals surface area contributed by atoms with Crippen molar-refractivity contribution >= 4 is 5.91 Å². The van der Waals surface area contributed by atoms with Crippen molar-refractivity contribution in [2.75, 3.05) is 14.2 Å². The van der Waals surface area contributed by atoms with Gasteiger partial charge in [-0.2, -0.15) is 0 Å². The lowest BCUT2D eigenvalue weighted by molar-refractivity contribution is -0.131. The molecule has 0 aromatic carbocycles. The van der Waals surface area contributed by atoms with Gasteiger partial charge in [-0.1, -0.05) is 5.16 Å². The van der Waals surface area contributed by atoms with E-state index in [1.54, 1.807) is 25.3 Å². The maximum absolute atomic E-state index is 12.8. The summed E-state index contributed by atoms with van der Waals surface area (Å²) in [5.74, 6) is 1.20. The number of aromatic nitrogens is 2. The minimum absolute atomic E-state index is 0.00476. The molecule has 0 saturated carbocycles. The highest BCUT2D eigenvalue weighted by molar-refractivity contribution is 5.83. The van der Waals surface area contributed by atoms with E-state index in [0.29, 0.717) is 12.3 Å². The molecule has 0 saturated heterocycles. The number of nitrogens with zero attached hydrogens (tertiary/aromatic N) is 3. The van der Waals surface area contributed by atoms with Crippen LogP contribution in [0.15, 0.2) is 10.7 Å². The van der Waals surface area contributed by atoms with Gasteiger partial charge in [-0.25, -0.2) is 0 Å². The number of amides is 1. The van der Waals surface area contributed by atoms with Crippen molar-refractivity contribution < 1.29 is 14.1 Å². The lowest BCUT2D eigenvalue weighted by Gasteiger charge is -2.22. The van der Waals surface area contributed by atoms with Gasteiger partial charge < -0.3 is 14.2 Å². The molecule has 0 spiro atoms. The lowest BCUT2D eigenvalue weighted by atomic mass is 9.98. The molecule has 2 rings (SSSR count). The second-order valence-electron chi connectivity index (χ2n) is 6.20. The van der Waals surface area contributed by atoms with Crippen molar-refractivity contribution in [2.24, 2.45) is 0 Å². The zero-order chi connectivity index (χ0) is 18.0. The zero-order valence-corrected chi connectivity index (χ0v) is 15.4. The minimum atomic E-state index is -0.311. The molecule has 0 fully saturated rings. The first-order valence-electron chi connectivity index (χ1n) is 7.94. The Kier molecular flexibility index (Phi) is 5.26. The Hall–Kier alpha value is -2.37. The average molecular weight is 331 g/mol. The molecular weight excluding hydrogens is 306 g/mol. The molecule has 1 unspecified atom stereocenters. The summed E-state index contributed by atoms with van der Waals surface area (Å²) in [6.45, 7) is 9.90. The fourth-order valence-corrected chi connectivity index (χ4v) is 3.10. The van der Waals surface area contributed by atoms with Crippen LogP contribution >= 0.6 is 0 Å². The Bertz CT molecular complexity index is 733. The molecule has 1 amide bonds. The average Bonchev–Trinajstić information content (AvgIpc) is 2.88. The molecule has 0 aliphatic heterocycles. The Labute approximate surface area is 142 Å². The third-order valence-corrected chi connectivity index (χ3v) is 4.40. The quantitative estimate of drug-likeness (QED) is 0.842. The summed E-state index contributed by atoms with van der Waals surface area (Å²) in [6, 6.07) is 0. The van der Waals surface area contributed by atoms with Crippen LogP contribution in [0, 0.1) is 27.7 Å². The predicted molar refractivity (Wildman–Crippen MR) is 91.1 cm³/mol. The molecule has 2 aromatic rings. The first-order chi connectivity index (χ1) is 11.3. The van der Waals surface area contributed by atoms with Gasteiger partial charge in [0.15, 0.2) is 0 Å². The number of carbonyl (C=O) groups excluding carboxylic acids is 1. The number of hydrogen-bond acceptors (Lipinski definition) is 5. The van der Waals surface area contributed by atoms with Crippen LogP contribution in [-0.2, 0) is 11.3 Å². The Balaban J connectivity index is 2.21. The third-order valence-electron chi connectivity index (χ3n) is 4.40. The van der Waals surface area contributed by atoms with Gasteiger partial charge in [-0.15, -0.1) is 0 Å². The number of aryl methyl sites for hydroxylation is 3. The summed E-state index contributed by atoms with van der Waals surface area (Å²) in [5.41, 5.74) is 4.39. The van der Waals surface area contributed by atoms with Crippen LogP contribution in [0.2, 0.25) is 0 Å². The number of hydrogen-bond donors (Lipinski definition) is 0. The van der Waals surface area contributed by atoms with E-state index in [1.165, 1.54) is 0 Å². The van der Waals surface area contributed by atoms with Crippen LogP contribution in [0.3, 0.4) is 0 Å². The fourth-order valence-electron chi connectivity index (χ4n) is 3.10. The van der Waals surface area contributed by atoms with Crippen molar-refractivity contribution in [3.05, 3.63) is 40.0 Å². The Morgan fingerprint density at radius 3 is 2.54 bits per heavy atom. The molecule has 0 aliphatic rings. The number of rotatable bonds is 5. The molecule has 6 nitrogen and oxygen atoms in total. The van der Waals surface area contributed by atoms with Gasteiger partial charge >= 0.3 is 0 Å². The predicted octanol–water partition coefficient (Wildman–Crippen LogP) is 3.07. The van der Waals surface area contributed by atoms with Crippen LogP contribution in [0.5, 0.6) is 5.75 Å². The lowest BCUT2D eigenvalue weighted by Crippen LogP contribution is -2.31. The second-order valence-corrected chi connectivity index (χ2v) is 6.20. The molecule has 2 heterocycles. The first-order valence-corrected chi connectivity index (χ1v) is 7.94. The van der Waals surface area contributed by atoms with Gasteiger partial charge in [0.1, 0.15) is 11.5 Å². The van der Waals surface area contributed by atoms with Crippen LogP contribution in [0.1, 0.15) is 46.7 Å². The molecule has 24 heavy (non-hydrogen) atoms. The Morgan fingerprint density at radius 2 is 2.00 bits per heavy atom. The van der Waals surface area contributed by atoms with E-state index < -0.39 is 0 Å². The Morgan fingerprint density at radius 1 is 1.33 bits per heavy atom. The van der Waals surface area contributed by atoms with Gasteiger partial charge in [-0.3, -0.25) is 9.78 Å². The monoisotopic (exact) mass is 331 g/mol. The maximum atomic E-state index is 12.8.